The molecule has 0 heterocycles. The van der Waals surface area contributed by atoms with Crippen molar-refractivity contribution >= 4 is 15.9 Å². The van der Waals surface area contributed by atoms with E-state index in [2.05, 4.69) is 33.4 Å². The fourth-order valence-electron chi connectivity index (χ4n) is 1.86. The molecule has 94 valence electrons. The van der Waals surface area contributed by atoms with Gasteiger partial charge in [0.2, 0.25) is 0 Å². The molecule has 2 rings (SSSR count). The Morgan fingerprint density at radius 1 is 1.06 bits per heavy atom. The molecular formula is C15H16BrNO. The molecule has 0 saturated carbocycles. The largest absolute Gasteiger partial charge is 0.394 e. The Labute approximate surface area is 116 Å². The van der Waals surface area contributed by atoms with Crippen LogP contribution < -0.4 is 5.32 Å². The van der Waals surface area contributed by atoms with Gasteiger partial charge in [0.25, 0.3) is 0 Å². The lowest BCUT2D eigenvalue weighted by atomic mass is 10.1. The zero-order chi connectivity index (χ0) is 12.8. The monoisotopic (exact) mass is 305 g/mol. The van der Waals surface area contributed by atoms with Crippen LogP contribution in [-0.4, -0.2) is 11.7 Å². The number of aliphatic hydroxyl groups excluding tert-OH is 1. The number of hydrogen-bond donors (Lipinski definition) is 2. The highest BCUT2D eigenvalue weighted by Gasteiger charge is 2.08. The number of aliphatic hydroxyl groups is 1. The zero-order valence-electron chi connectivity index (χ0n) is 10.0. The van der Waals surface area contributed by atoms with E-state index in [9.17, 15) is 5.11 Å². The van der Waals surface area contributed by atoms with Crippen LogP contribution in [0.2, 0.25) is 0 Å². The molecule has 0 aromatic heterocycles. The highest BCUT2D eigenvalue weighted by atomic mass is 79.9. The molecule has 0 unspecified atom stereocenters. The van der Waals surface area contributed by atoms with Gasteiger partial charge in [-0.3, -0.25) is 0 Å². The van der Waals surface area contributed by atoms with Crippen LogP contribution in [0.15, 0.2) is 59.1 Å². The topological polar surface area (TPSA) is 32.3 Å². The van der Waals surface area contributed by atoms with Crippen molar-refractivity contribution in [3.63, 3.8) is 0 Å². The van der Waals surface area contributed by atoms with Crippen LogP contribution in [0.4, 0.5) is 0 Å². The molecule has 0 saturated heterocycles. The summed E-state index contributed by atoms with van der Waals surface area (Å²) < 4.78 is 1.07. The van der Waals surface area contributed by atoms with E-state index < -0.39 is 0 Å². The smallest absolute Gasteiger partial charge is 0.0626 e. The molecule has 0 aliphatic heterocycles. The van der Waals surface area contributed by atoms with E-state index in [1.807, 2.05) is 42.5 Å². The van der Waals surface area contributed by atoms with Crippen molar-refractivity contribution < 1.29 is 5.11 Å². The Kier molecular flexibility index (Phi) is 4.93. The summed E-state index contributed by atoms with van der Waals surface area (Å²) in [5.74, 6) is 0. The second-order valence-electron chi connectivity index (χ2n) is 4.16. The fourth-order valence-corrected chi connectivity index (χ4v) is 2.31. The summed E-state index contributed by atoms with van der Waals surface area (Å²) in [7, 11) is 0. The molecule has 0 spiro atoms. The number of hydrogen-bond acceptors (Lipinski definition) is 2. The molecule has 0 amide bonds. The first-order chi connectivity index (χ1) is 8.79. The van der Waals surface area contributed by atoms with Crippen molar-refractivity contribution in [2.75, 3.05) is 6.61 Å². The maximum absolute atomic E-state index is 9.44. The fraction of sp³-hybridized carbons (Fsp3) is 0.200. The van der Waals surface area contributed by atoms with E-state index >= 15 is 0 Å². The summed E-state index contributed by atoms with van der Waals surface area (Å²) in [6.45, 7) is 0.831. The first kappa shape index (κ1) is 13.3. The minimum Gasteiger partial charge on any atom is -0.394 e. The maximum Gasteiger partial charge on any atom is 0.0626 e. The third kappa shape index (κ3) is 3.67. The van der Waals surface area contributed by atoms with Crippen molar-refractivity contribution in [1.29, 1.82) is 0 Å². The van der Waals surface area contributed by atoms with E-state index in [-0.39, 0.29) is 12.6 Å². The Hall–Kier alpha value is -1.16. The number of rotatable bonds is 5. The van der Waals surface area contributed by atoms with Crippen molar-refractivity contribution in [3.05, 3.63) is 70.2 Å². The van der Waals surface area contributed by atoms with Crippen molar-refractivity contribution in [2.24, 2.45) is 0 Å². The SMILES string of the molecule is OC[C@H](NCc1cccc(Br)c1)c1ccccc1. The van der Waals surface area contributed by atoms with Crippen LogP contribution in [0.5, 0.6) is 0 Å². The maximum atomic E-state index is 9.44. The van der Waals surface area contributed by atoms with E-state index in [1.54, 1.807) is 0 Å². The average Bonchev–Trinajstić information content (AvgIpc) is 2.41. The number of nitrogens with one attached hydrogen (secondary N) is 1. The van der Waals surface area contributed by atoms with Crippen LogP contribution in [0.1, 0.15) is 17.2 Å². The summed E-state index contributed by atoms with van der Waals surface area (Å²) in [5, 5.41) is 12.8. The summed E-state index contributed by atoms with van der Waals surface area (Å²) in [5.41, 5.74) is 2.30. The summed E-state index contributed by atoms with van der Waals surface area (Å²) >= 11 is 3.45. The molecule has 1 atom stereocenters. The minimum absolute atomic E-state index is 0.0230. The molecule has 3 heteroatoms. The van der Waals surface area contributed by atoms with Gasteiger partial charge >= 0.3 is 0 Å². The molecule has 2 N–H and O–H groups in total. The van der Waals surface area contributed by atoms with E-state index in [0.29, 0.717) is 0 Å². The predicted molar refractivity (Wildman–Crippen MR) is 77.3 cm³/mol. The summed E-state index contributed by atoms with van der Waals surface area (Å²) in [6, 6.07) is 18.1. The van der Waals surface area contributed by atoms with E-state index in [1.165, 1.54) is 5.56 Å². The van der Waals surface area contributed by atoms with Crippen molar-refractivity contribution in [2.45, 2.75) is 12.6 Å². The number of halogens is 1. The quantitative estimate of drug-likeness (QED) is 0.888. The lowest BCUT2D eigenvalue weighted by Crippen LogP contribution is -2.23. The first-order valence-corrected chi connectivity index (χ1v) is 6.72. The normalized spacial score (nSPS) is 12.3. The Morgan fingerprint density at radius 3 is 2.50 bits per heavy atom. The van der Waals surface area contributed by atoms with Crippen molar-refractivity contribution in [1.82, 2.24) is 5.32 Å². The lowest BCUT2D eigenvalue weighted by molar-refractivity contribution is 0.243. The molecule has 2 aromatic rings. The second kappa shape index (κ2) is 6.69. The van der Waals surface area contributed by atoms with Gasteiger partial charge in [-0.2, -0.15) is 0 Å². The molecule has 0 radical (unpaired) electrons. The molecule has 2 aromatic carbocycles. The minimum atomic E-state index is -0.0230. The van der Waals surface area contributed by atoms with Gasteiger partial charge in [-0.25, -0.2) is 0 Å². The van der Waals surface area contributed by atoms with Gasteiger partial charge < -0.3 is 10.4 Å². The van der Waals surface area contributed by atoms with Gasteiger partial charge in [-0.15, -0.1) is 0 Å². The molecule has 0 aliphatic carbocycles. The second-order valence-corrected chi connectivity index (χ2v) is 5.07. The number of benzene rings is 2. The van der Waals surface area contributed by atoms with Gasteiger partial charge in [-0.1, -0.05) is 58.4 Å². The third-order valence-electron chi connectivity index (χ3n) is 2.83. The van der Waals surface area contributed by atoms with E-state index in [0.717, 1.165) is 16.6 Å². The molecular weight excluding hydrogens is 290 g/mol. The van der Waals surface area contributed by atoms with Gasteiger partial charge in [0.1, 0.15) is 0 Å². The molecule has 0 aliphatic rings. The summed E-state index contributed by atoms with van der Waals surface area (Å²) in [4.78, 5) is 0. The Morgan fingerprint density at radius 2 is 1.83 bits per heavy atom. The van der Waals surface area contributed by atoms with Crippen LogP contribution in [0.3, 0.4) is 0 Å². The molecule has 18 heavy (non-hydrogen) atoms. The molecule has 0 bridgehead atoms. The van der Waals surface area contributed by atoms with E-state index in [4.69, 9.17) is 0 Å². The van der Waals surface area contributed by atoms with Crippen LogP contribution in [0, 0.1) is 0 Å². The Balaban J connectivity index is 2.00. The predicted octanol–water partition coefficient (Wildman–Crippen LogP) is 3.27. The van der Waals surface area contributed by atoms with Crippen LogP contribution >= 0.6 is 15.9 Å². The lowest BCUT2D eigenvalue weighted by Gasteiger charge is -2.16. The standard InChI is InChI=1S/C15H16BrNO/c16-14-8-4-5-12(9-14)10-17-15(11-18)13-6-2-1-3-7-13/h1-9,15,17-18H,10-11H2/t15-/m0/s1. The van der Waals surface area contributed by atoms with Crippen molar-refractivity contribution in [3.8, 4) is 0 Å². The van der Waals surface area contributed by atoms with Gasteiger partial charge in [0.05, 0.1) is 12.6 Å². The van der Waals surface area contributed by atoms with Gasteiger partial charge in [-0.05, 0) is 23.3 Å². The van der Waals surface area contributed by atoms with Gasteiger partial charge in [0.15, 0.2) is 0 Å². The van der Waals surface area contributed by atoms with Gasteiger partial charge in [0, 0.05) is 11.0 Å². The van der Waals surface area contributed by atoms with Crippen LogP contribution in [-0.2, 0) is 6.54 Å². The highest BCUT2D eigenvalue weighted by molar-refractivity contribution is 9.10. The average molecular weight is 306 g/mol. The Bertz CT molecular complexity index is 487. The van der Waals surface area contributed by atoms with Crippen LogP contribution in [0.25, 0.3) is 0 Å². The highest BCUT2D eigenvalue weighted by Crippen LogP contribution is 2.15. The molecule has 0 fully saturated rings. The summed E-state index contributed by atoms with van der Waals surface area (Å²) in [6.07, 6.45) is 0. The first-order valence-electron chi connectivity index (χ1n) is 5.93. The molecule has 2 nitrogen and oxygen atoms in total. The third-order valence-corrected chi connectivity index (χ3v) is 3.32. The zero-order valence-corrected chi connectivity index (χ0v) is 11.6.